The van der Waals surface area contributed by atoms with E-state index in [1.807, 2.05) is 5.38 Å². The second-order valence-corrected chi connectivity index (χ2v) is 7.36. The van der Waals surface area contributed by atoms with Crippen LogP contribution in [0.25, 0.3) is 0 Å². The van der Waals surface area contributed by atoms with Gasteiger partial charge in [-0.15, -0.1) is 11.3 Å². The predicted octanol–water partition coefficient (Wildman–Crippen LogP) is 3.34. The molecule has 1 fully saturated rings. The zero-order valence-corrected chi connectivity index (χ0v) is 15.1. The van der Waals surface area contributed by atoms with Gasteiger partial charge < -0.3 is 10.1 Å². The smallest absolute Gasteiger partial charge is 0.307 e. The number of nitrogens with one attached hydrogen (secondary N) is 1. The fourth-order valence-corrected chi connectivity index (χ4v) is 3.61. The Bertz CT molecular complexity index is 570. The molecule has 1 aliphatic rings. The van der Waals surface area contributed by atoms with Crippen LogP contribution < -0.4 is 5.32 Å². The quantitative estimate of drug-likeness (QED) is 0.604. The van der Waals surface area contributed by atoms with E-state index in [1.54, 1.807) is 19.1 Å². The first-order valence-electron chi connectivity index (χ1n) is 8.54. The Labute approximate surface area is 146 Å². The number of hydrogen-bond acceptors (Lipinski definition) is 5. The molecule has 1 amide bonds. The molecule has 0 aromatic carbocycles. The lowest BCUT2D eigenvalue weighted by atomic mass is 9.86. The fourth-order valence-electron chi connectivity index (χ4n) is 2.92. The number of amides is 1. The zero-order chi connectivity index (χ0) is 17.5. The maximum absolute atomic E-state index is 12.2. The van der Waals surface area contributed by atoms with E-state index in [-0.39, 0.29) is 30.6 Å². The molecule has 1 heterocycles. The average Bonchev–Trinajstić information content (AvgIpc) is 3.09. The summed E-state index contributed by atoms with van der Waals surface area (Å²) in [5.74, 6) is -0.393. The average molecular weight is 351 g/mol. The number of carbonyl (C=O) groups is 3. The van der Waals surface area contributed by atoms with E-state index < -0.39 is 12.1 Å². The zero-order valence-electron chi connectivity index (χ0n) is 14.2. The Kier molecular flexibility index (Phi) is 6.97. The number of rotatable bonds is 7. The Hall–Kier alpha value is -1.69. The van der Waals surface area contributed by atoms with Gasteiger partial charge in [0.05, 0.1) is 11.3 Å². The first-order valence-corrected chi connectivity index (χ1v) is 9.42. The van der Waals surface area contributed by atoms with E-state index in [0.717, 1.165) is 19.3 Å². The van der Waals surface area contributed by atoms with Crippen molar-refractivity contribution in [1.29, 1.82) is 0 Å². The summed E-state index contributed by atoms with van der Waals surface area (Å²) in [7, 11) is 0. The Morgan fingerprint density at radius 1 is 1.29 bits per heavy atom. The minimum Gasteiger partial charge on any atom is -0.453 e. The van der Waals surface area contributed by atoms with E-state index in [4.69, 9.17) is 4.74 Å². The molecule has 1 aromatic rings. The van der Waals surface area contributed by atoms with Gasteiger partial charge in [-0.2, -0.15) is 0 Å². The highest BCUT2D eigenvalue weighted by atomic mass is 32.1. The van der Waals surface area contributed by atoms with Crippen LogP contribution in [0.15, 0.2) is 17.5 Å². The van der Waals surface area contributed by atoms with Crippen molar-refractivity contribution in [2.24, 2.45) is 5.92 Å². The second-order valence-electron chi connectivity index (χ2n) is 6.41. The molecule has 5 nitrogen and oxygen atoms in total. The number of hydrogen-bond donors (Lipinski definition) is 1. The van der Waals surface area contributed by atoms with Crippen LogP contribution in [0.4, 0.5) is 0 Å². The van der Waals surface area contributed by atoms with Crippen molar-refractivity contribution in [2.45, 2.75) is 64.5 Å². The van der Waals surface area contributed by atoms with Gasteiger partial charge in [-0.05, 0) is 37.1 Å². The standard InChI is InChI=1S/C18H25NO4S/c1-12-6-3-4-7-14(12)19-18(22)13(2)23-17(21)10-9-15(20)16-8-5-11-24-16/h5,8,11-14H,3-4,6-7,9-10H2,1-2H3,(H,19,22)/t12-,13-,14+/m0/s1. The van der Waals surface area contributed by atoms with Gasteiger partial charge in [0.1, 0.15) is 0 Å². The number of ketones is 1. The maximum atomic E-state index is 12.2. The van der Waals surface area contributed by atoms with Crippen LogP contribution in [-0.2, 0) is 14.3 Å². The topological polar surface area (TPSA) is 72.5 Å². The van der Waals surface area contributed by atoms with Crippen LogP contribution in [-0.4, -0.2) is 29.8 Å². The third-order valence-corrected chi connectivity index (χ3v) is 5.38. The van der Waals surface area contributed by atoms with Gasteiger partial charge in [0.25, 0.3) is 5.91 Å². The minimum atomic E-state index is -0.830. The lowest BCUT2D eigenvalue weighted by Gasteiger charge is -2.30. The van der Waals surface area contributed by atoms with Gasteiger partial charge in [-0.25, -0.2) is 0 Å². The van der Waals surface area contributed by atoms with Crippen molar-refractivity contribution in [1.82, 2.24) is 5.32 Å². The summed E-state index contributed by atoms with van der Waals surface area (Å²) in [5.41, 5.74) is 0. The molecule has 1 aliphatic carbocycles. The molecule has 0 saturated heterocycles. The van der Waals surface area contributed by atoms with E-state index in [2.05, 4.69) is 12.2 Å². The molecule has 0 spiro atoms. The Morgan fingerprint density at radius 2 is 2.04 bits per heavy atom. The molecule has 2 rings (SSSR count). The summed E-state index contributed by atoms with van der Waals surface area (Å²) < 4.78 is 5.16. The number of thiophene rings is 1. The van der Waals surface area contributed by atoms with Crippen LogP contribution in [0.5, 0.6) is 0 Å². The second kappa shape index (κ2) is 8.97. The normalized spacial score (nSPS) is 21.8. The summed E-state index contributed by atoms with van der Waals surface area (Å²) >= 11 is 1.36. The summed E-state index contributed by atoms with van der Waals surface area (Å²) in [6.45, 7) is 3.71. The van der Waals surface area contributed by atoms with Gasteiger partial charge >= 0.3 is 5.97 Å². The third-order valence-electron chi connectivity index (χ3n) is 4.47. The SMILES string of the molecule is C[C@H](OC(=O)CCC(=O)c1cccs1)C(=O)N[C@@H]1CCCC[C@@H]1C. The van der Waals surface area contributed by atoms with E-state index >= 15 is 0 Å². The molecule has 6 heteroatoms. The number of Topliss-reactive ketones (excluding diaryl/α,β-unsaturated/α-hetero) is 1. The molecule has 0 radical (unpaired) electrons. The molecular weight excluding hydrogens is 326 g/mol. The summed E-state index contributed by atoms with van der Waals surface area (Å²) in [5, 5.41) is 4.80. The highest BCUT2D eigenvalue weighted by Crippen LogP contribution is 2.23. The van der Waals surface area contributed by atoms with Crippen LogP contribution in [0.3, 0.4) is 0 Å². The molecule has 1 saturated carbocycles. The van der Waals surface area contributed by atoms with Crippen LogP contribution in [0.1, 0.15) is 62.0 Å². The van der Waals surface area contributed by atoms with Gasteiger partial charge in [0.15, 0.2) is 11.9 Å². The van der Waals surface area contributed by atoms with Gasteiger partial charge in [-0.1, -0.05) is 25.8 Å². The molecule has 1 aromatic heterocycles. The van der Waals surface area contributed by atoms with Crippen LogP contribution >= 0.6 is 11.3 Å². The van der Waals surface area contributed by atoms with E-state index in [0.29, 0.717) is 10.8 Å². The molecular formula is C18H25NO4S. The lowest BCUT2D eigenvalue weighted by Crippen LogP contribution is -2.46. The number of esters is 1. The Balaban J connectivity index is 1.72. The summed E-state index contributed by atoms with van der Waals surface area (Å²) in [4.78, 5) is 36.5. The van der Waals surface area contributed by atoms with Crippen molar-refractivity contribution >= 4 is 29.0 Å². The highest BCUT2D eigenvalue weighted by molar-refractivity contribution is 7.12. The first-order chi connectivity index (χ1) is 11.5. The van der Waals surface area contributed by atoms with E-state index in [1.165, 1.54) is 17.8 Å². The van der Waals surface area contributed by atoms with Crippen LogP contribution in [0, 0.1) is 5.92 Å². The van der Waals surface area contributed by atoms with Crippen molar-refractivity contribution in [3.63, 3.8) is 0 Å². The van der Waals surface area contributed by atoms with Crippen molar-refractivity contribution in [2.75, 3.05) is 0 Å². The summed E-state index contributed by atoms with van der Waals surface area (Å²) in [6.07, 6.45) is 3.68. The maximum Gasteiger partial charge on any atom is 0.307 e. The fraction of sp³-hybridized carbons (Fsp3) is 0.611. The Morgan fingerprint density at radius 3 is 2.71 bits per heavy atom. The molecule has 0 aliphatic heterocycles. The molecule has 24 heavy (non-hydrogen) atoms. The molecule has 0 bridgehead atoms. The van der Waals surface area contributed by atoms with Gasteiger partial charge in [-0.3, -0.25) is 14.4 Å². The molecule has 1 N–H and O–H groups in total. The molecule has 3 atom stereocenters. The highest BCUT2D eigenvalue weighted by Gasteiger charge is 2.26. The van der Waals surface area contributed by atoms with Crippen molar-refractivity contribution < 1.29 is 19.1 Å². The third kappa shape index (κ3) is 5.44. The van der Waals surface area contributed by atoms with Crippen molar-refractivity contribution in [3.8, 4) is 0 Å². The van der Waals surface area contributed by atoms with Gasteiger partial charge in [0.2, 0.25) is 0 Å². The molecule has 132 valence electrons. The van der Waals surface area contributed by atoms with Crippen LogP contribution in [0.2, 0.25) is 0 Å². The summed E-state index contributed by atoms with van der Waals surface area (Å²) in [6, 6.07) is 3.70. The van der Waals surface area contributed by atoms with E-state index in [9.17, 15) is 14.4 Å². The minimum absolute atomic E-state index is 0.00577. The monoisotopic (exact) mass is 351 g/mol. The predicted molar refractivity (Wildman–Crippen MR) is 93.0 cm³/mol. The number of carbonyl (C=O) groups excluding carboxylic acids is 3. The van der Waals surface area contributed by atoms with Gasteiger partial charge in [0, 0.05) is 12.5 Å². The lowest BCUT2D eigenvalue weighted by molar-refractivity contribution is -0.155. The number of ether oxygens (including phenoxy) is 1. The first kappa shape index (κ1) is 18.6. The van der Waals surface area contributed by atoms with Crippen molar-refractivity contribution in [3.05, 3.63) is 22.4 Å². The largest absolute Gasteiger partial charge is 0.453 e. The molecule has 0 unspecified atom stereocenters.